The van der Waals surface area contributed by atoms with Crippen molar-refractivity contribution in [3.05, 3.63) is 33.8 Å². The molecule has 3 heterocycles. The van der Waals surface area contributed by atoms with Crippen molar-refractivity contribution in [2.75, 3.05) is 25.0 Å². The first-order chi connectivity index (χ1) is 11.8. The van der Waals surface area contributed by atoms with Gasteiger partial charge in [0.2, 0.25) is 5.95 Å². The molecule has 0 aromatic carbocycles. The van der Waals surface area contributed by atoms with Crippen LogP contribution >= 0.6 is 11.3 Å². The van der Waals surface area contributed by atoms with Crippen molar-refractivity contribution in [1.29, 1.82) is 0 Å². The molecular weight excluding hydrogens is 318 g/mol. The van der Waals surface area contributed by atoms with Gasteiger partial charge in [0.05, 0.1) is 11.4 Å². The quantitative estimate of drug-likeness (QED) is 0.834. The molecule has 24 heavy (non-hydrogen) atoms. The molecule has 0 bridgehead atoms. The Bertz CT molecular complexity index is 620. The maximum atomic E-state index is 4.62. The molecule has 0 radical (unpaired) electrons. The highest BCUT2D eigenvalue weighted by Crippen LogP contribution is 2.21. The van der Waals surface area contributed by atoms with Gasteiger partial charge in [-0.15, -0.1) is 16.4 Å². The number of hydrogen-bond donors (Lipinski definition) is 1. The predicted octanol–water partition coefficient (Wildman–Crippen LogP) is 3.38. The number of piperidine rings is 1. The molecule has 1 aliphatic heterocycles. The molecule has 0 aliphatic carbocycles. The molecule has 1 saturated heterocycles. The summed E-state index contributed by atoms with van der Waals surface area (Å²) in [4.78, 5) is 8.65. The van der Waals surface area contributed by atoms with Crippen LogP contribution in [0.3, 0.4) is 0 Å². The summed E-state index contributed by atoms with van der Waals surface area (Å²) in [7, 11) is 0. The number of anilines is 1. The molecule has 1 aliphatic rings. The Morgan fingerprint density at radius 3 is 2.62 bits per heavy atom. The third-order valence-corrected chi connectivity index (χ3v) is 5.59. The van der Waals surface area contributed by atoms with Gasteiger partial charge in [-0.2, -0.15) is 5.10 Å². The van der Waals surface area contributed by atoms with Gasteiger partial charge in [0.25, 0.3) is 0 Å². The summed E-state index contributed by atoms with van der Waals surface area (Å²) in [6, 6.07) is 4.37. The first-order valence-corrected chi connectivity index (χ1v) is 9.87. The molecule has 0 amide bonds. The van der Waals surface area contributed by atoms with Crippen LogP contribution < -0.4 is 5.32 Å². The zero-order valence-electron chi connectivity index (χ0n) is 14.7. The standard InChI is InChI=1S/C18H27N5S/c1-3-16-17(4-2)21-22-18(20-16)19-12-14-7-9-23(10-8-14)13-15-6-5-11-24-15/h5-6,11,14H,3-4,7-10,12-13H2,1-2H3,(H,19,20,22). The fourth-order valence-corrected chi connectivity index (χ4v) is 3.97. The van der Waals surface area contributed by atoms with E-state index in [0.29, 0.717) is 11.9 Å². The van der Waals surface area contributed by atoms with Gasteiger partial charge in [0, 0.05) is 18.0 Å². The Balaban J connectivity index is 1.45. The number of thiophene rings is 1. The van der Waals surface area contributed by atoms with Crippen molar-refractivity contribution in [2.45, 2.75) is 46.1 Å². The van der Waals surface area contributed by atoms with Crippen LogP contribution in [0.1, 0.15) is 43.0 Å². The summed E-state index contributed by atoms with van der Waals surface area (Å²) in [5.41, 5.74) is 2.09. The number of hydrogen-bond acceptors (Lipinski definition) is 6. The first-order valence-electron chi connectivity index (χ1n) is 8.99. The number of aryl methyl sites for hydroxylation is 2. The number of likely N-dealkylation sites (tertiary alicyclic amines) is 1. The molecule has 6 heteroatoms. The molecule has 5 nitrogen and oxygen atoms in total. The third-order valence-electron chi connectivity index (χ3n) is 4.72. The monoisotopic (exact) mass is 345 g/mol. The Hall–Kier alpha value is -1.53. The summed E-state index contributed by atoms with van der Waals surface area (Å²) in [5.74, 6) is 1.38. The van der Waals surface area contributed by atoms with Crippen LogP contribution in [0.25, 0.3) is 0 Å². The van der Waals surface area contributed by atoms with Crippen LogP contribution in [-0.4, -0.2) is 39.7 Å². The summed E-state index contributed by atoms with van der Waals surface area (Å²) < 4.78 is 0. The van der Waals surface area contributed by atoms with Crippen LogP contribution in [-0.2, 0) is 19.4 Å². The van der Waals surface area contributed by atoms with E-state index in [-0.39, 0.29) is 0 Å². The minimum absolute atomic E-state index is 0.685. The average Bonchev–Trinajstić information content (AvgIpc) is 3.14. The third kappa shape index (κ3) is 4.51. The first kappa shape index (κ1) is 17.3. The lowest BCUT2D eigenvalue weighted by molar-refractivity contribution is 0.183. The molecule has 1 N–H and O–H groups in total. The van der Waals surface area contributed by atoms with E-state index < -0.39 is 0 Å². The van der Waals surface area contributed by atoms with Crippen LogP contribution in [0.15, 0.2) is 17.5 Å². The van der Waals surface area contributed by atoms with E-state index in [2.05, 4.69) is 56.8 Å². The second-order valence-electron chi connectivity index (χ2n) is 6.42. The normalized spacial score (nSPS) is 16.4. The topological polar surface area (TPSA) is 53.9 Å². The minimum Gasteiger partial charge on any atom is -0.353 e. The van der Waals surface area contributed by atoms with Gasteiger partial charge < -0.3 is 5.32 Å². The maximum Gasteiger partial charge on any atom is 0.242 e. The van der Waals surface area contributed by atoms with Gasteiger partial charge in [-0.1, -0.05) is 19.9 Å². The molecular formula is C18H27N5S. The molecule has 3 rings (SSSR count). The second kappa shape index (κ2) is 8.53. The van der Waals surface area contributed by atoms with Crippen molar-refractivity contribution in [3.8, 4) is 0 Å². The molecule has 130 valence electrons. The Morgan fingerprint density at radius 2 is 1.96 bits per heavy atom. The largest absolute Gasteiger partial charge is 0.353 e. The lowest BCUT2D eigenvalue weighted by Gasteiger charge is -2.31. The van der Waals surface area contributed by atoms with Crippen LogP contribution in [0, 0.1) is 5.92 Å². The molecule has 0 atom stereocenters. The van der Waals surface area contributed by atoms with E-state index in [9.17, 15) is 0 Å². The van der Waals surface area contributed by atoms with E-state index in [1.165, 1.54) is 30.8 Å². The van der Waals surface area contributed by atoms with Gasteiger partial charge in [-0.3, -0.25) is 4.90 Å². The van der Waals surface area contributed by atoms with Gasteiger partial charge >= 0.3 is 0 Å². The van der Waals surface area contributed by atoms with E-state index in [4.69, 9.17) is 0 Å². The molecule has 0 saturated carbocycles. The predicted molar refractivity (Wildman–Crippen MR) is 99.4 cm³/mol. The smallest absolute Gasteiger partial charge is 0.242 e. The van der Waals surface area contributed by atoms with E-state index in [1.54, 1.807) is 0 Å². The minimum atomic E-state index is 0.685. The van der Waals surface area contributed by atoms with Crippen molar-refractivity contribution >= 4 is 17.3 Å². The zero-order valence-corrected chi connectivity index (χ0v) is 15.5. The highest BCUT2D eigenvalue weighted by Gasteiger charge is 2.19. The highest BCUT2D eigenvalue weighted by atomic mass is 32.1. The van der Waals surface area contributed by atoms with Crippen molar-refractivity contribution < 1.29 is 0 Å². The Labute approximate surface area is 148 Å². The van der Waals surface area contributed by atoms with Gasteiger partial charge in [0.1, 0.15) is 0 Å². The summed E-state index contributed by atoms with van der Waals surface area (Å²) in [6.07, 6.45) is 4.28. The number of nitrogens with zero attached hydrogens (tertiary/aromatic N) is 4. The Morgan fingerprint density at radius 1 is 1.17 bits per heavy atom. The maximum absolute atomic E-state index is 4.62. The summed E-state index contributed by atoms with van der Waals surface area (Å²) in [5, 5.41) is 14.1. The van der Waals surface area contributed by atoms with E-state index in [1.807, 2.05) is 11.3 Å². The van der Waals surface area contributed by atoms with Gasteiger partial charge in [0.15, 0.2) is 0 Å². The van der Waals surface area contributed by atoms with E-state index in [0.717, 1.165) is 37.3 Å². The molecule has 2 aromatic heterocycles. The zero-order chi connectivity index (χ0) is 16.8. The number of nitrogens with one attached hydrogen (secondary N) is 1. The SMILES string of the molecule is CCc1nnc(NCC2CCN(Cc3cccs3)CC2)nc1CC. The van der Waals surface area contributed by atoms with Crippen LogP contribution in [0.2, 0.25) is 0 Å². The number of aromatic nitrogens is 3. The average molecular weight is 346 g/mol. The lowest BCUT2D eigenvalue weighted by atomic mass is 9.97. The highest BCUT2D eigenvalue weighted by molar-refractivity contribution is 7.09. The molecule has 1 fully saturated rings. The van der Waals surface area contributed by atoms with Gasteiger partial charge in [-0.25, -0.2) is 4.98 Å². The lowest BCUT2D eigenvalue weighted by Crippen LogP contribution is -2.35. The fourth-order valence-electron chi connectivity index (χ4n) is 3.22. The second-order valence-corrected chi connectivity index (χ2v) is 7.45. The molecule has 2 aromatic rings. The van der Waals surface area contributed by atoms with E-state index >= 15 is 0 Å². The van der Waals surface area contributed by atoms with Crippen LogP contribution in [0.5, 0.6) is 0 Å². The summed E-state index contributed by atoms with van der Waals surface area (Å²) >= 11 is 1.85. The van der Waals surface area contributed by atoms with Gasteiger partial charge in [-0.05, 0) is 56.1 Å². The fraction of sp³-hybridized carbons (Fsp3) is 0.611. The summed E-state index contributed by atoms with van der Waals surface area (Å²) in [6.45, 7) is 8.63. The van der Waals surface area contributed by atoms with Crippen molar-refractivity contribution in [3.63, 3.8) is 0 Å². The Kier molecular flexibility index (Phi) is 6.15. The van der Waals surface area contributed by atoms with Crippen molar-refractivity contribution in [1.82, 2.24) is 20.1 Å². The molecule has 0 unspecified atom stereocenters. The van der Waals surface area contributed by atoms with Crippen molar-refractivity contribution in [2.24, 2.45) is 5.92 Å². The number of rotatable bonds is 7. The van der Waals surface area contributed by atoms with Crippen LogP contribution in [0.4, 0.5) is 5.95 Å². The molecule has 0 spiro atoms.